The van der Waals surface area contributed by atoms with Gasteiger partial charge in [-0.15, -0.1) is 0 Å². The van der Waals surface area contributed by atoms with Crippen molar-refractivity contribution in [2.24, 2.45) is 0 Å². The van der Waals surface area contributed by atoms with Crippen LogP contribution in [0.4, 0.5) is 0 Å². The fourth-order valence-electron chi connectivity index (χ4n) is 2.38. The molecule has 3 heteroatoms. The summed E-state index contributed by atoms with van der Waals surface area (Å²) in [5.41, 5.74) is 0. The fourth-order valence-corrected chi connectivity index (χ4v) is 2.38. The van der Waals surface area contributed by atoms with E-state index in [1.165, 1.54) is 19.3 Å². The van der Waals surface area contributed by atoms with Gasteiger partial charge in [0.15, 0.2) is 0 Å². The van der Waals surface area contributed by atoms with Crippen molar-refractivity contribution in [2.45, 2.75) is 44.3 Å². The molecule has 2 atom stereocenters. The molecule has 0 aromatic heterocycles. The van der Waals surface area contributed by atoms with Gasteiger partial charge in [-0.2, -0.15) is 0 Å². The summed E-state index contributed by atoms with van der Waals surface area (Å²) in [4.78, 5) is 2.35. The largest absolute Gasteiger partial charge is 0.392 e. The third-order valence-electron chi connectivity index (χ3n) is 3.29. The van der Waals surface area contributed by atoms with Crippen LogP contribution in [0.15, 0.2) is 0 Å². The van der Waals surface area contributed by atoms with E-state index in [9.17, 15) is 5.11 Å². The highest BCUT2D eigenvalue weighted by molar-refractivity contribution is 4.75. The lowest BCUT2D eigenvalue weighted by Crippen LogP contribution is -2.28. The number of rotatable bonds is 3. The predicted molar refractivity (Wildman–Crippen MR) is 55.3 cm³/mol. The number of nitrogens with zero attached hydrogens (tertiary/aromatic N) is 1. The lowest BCUT2D eigenvalue weighted by atomic mass is 10.1. The van der Waals surface area contributed by atoms with Crippen molar-refractivity contribution in [3.63, 3.8) is 0 Å². The van der Waals surface area contributed by atoms with E-state index in [1.54, 1.807) is 0 Å². The van der Waals surface area contributed by atoms with Crippen LogP contribution in [-0.2, 0) is 4.74 Å². The van der Waals surface area contributed by atoms with Gasteiger partial charge >= 0.3 is 0 Å². The Balaban J connectivity index is 1.61. The third-order valence-corrected chi connectivity index (χ3v) is 3.29. The van der Waals surface area contributed by atoms with Crippen molar-refractivity contribution in [1.29, 1.82) is 0 Å². The standard InChI is InChI=1S/C11H21NO2/c13-10-4-6-12(9-10)7-5-11-3-1-2-8-14-11/h10-11,13H,1-9H2/t10-,11?/m0/s1. The molecule has 1 N–H and O–H groups in total. The Kier molecular flexibility index (Phi) is 3.79. The summed E-state index contributed by atoms with van der Waals surface area (Å²) in [5.74, 6) is 0. The highest BCUT2D eigenvalue weighted by Gasteiger charge is 2.21. The van der Waals surface area contributed by atoms with Gasteiger partial charge in [0.1, 0.15) is 0 Å². The second-order valence-corrected chi connectivity index (χ2v) is 4.52. The number of aliphatic hydroxyl groups is 1. The Bertz CT molecular complexity index is 164. The Hall–Kier alpha value is -0.120. The Morgan fingerprint density at radius 3 is 2.86 bits per heavy atom. The molecule has 1 unspecified atom stereocenters. The topological polar surface area (TPSA) is 32.7 Å². The maximum absolute atomic E-state index is 9.36. The summed E-state index contributed by atoms with van der Waals surface area (Å²) in [5, 5.41) is 9.36. The summed E-state index contributed by atoms with van der Waals surface area (Å²) in [7, 11) is 0. The summed E-state index contributed by atoms with van der Waals surface area (Å²) >= 11 is 0. The first kappa shape index (κ1) is 10.4. The molecule has 0 bridgehead atoms. The van der Waals surface area contributed by atoms with Gasteiger partial charge in [-0.25, -0.2) is 0 Å². The smallest absolute Gasteiger partial charge is 0.0679 e. The quantitative estimate of drug-likeness (QED) is 0.736. The molecule has 2 rings (SSSR count). The molecule has 0 spiro atoms. The van der Waals surface area contributed by atoms with Crippen molar-refractivity contribution >= 4 is 0 Å². The van der Waals surface area contributed by atoms with E-state index in [1.807, 2.05) is 0 Å². The highest BCUT2D eigenvalue weighted by Crippen LogP contribution is 2.17. The number of hydrogen-bond acceptors (Lipinski definition) is 3. The van der Waals surface area contributed by atoms with Crippen LogP contribution in [0.3, 0.4) is 0 Å². The molecule has 3 nitrogen and oxygen atoms in total. The van der Waals surface area contributed by atoms with Crippen LogP contribution < -0.4 is 0 Å². The van der Waals surface area contributed by atoms with Crippen LogP contribution in [0.5, 0.6) is 0 Å². The predicted octanol–water partition coefficient (Wildman–Crippen LogP) is 1.01. The zero-order valence-corrected chi connectivity index (χ0v) is 8.82. The summed E-state index contributed by atoms with van der Waals surface area (Å²) in [6.07, 6.45) is 6.30. The summed E-state index contributed by atoms with van der Waals surface area (Å²) in [6.45, 7) is 3.98. The van der Waals surface area contributed by atoms with Gasteiger partial charge in [0.2, 0.25) is 0 Å². The molecule has 14 heavy (non-hydrogen) atoms. The van der Waals surface area contributed by atoms with Crippen LogP contribution in [-0.4, -0.2) is 48.5 Å². The van der Waals surface area contributed by atoms with Crippen LogP contribution >= 0.6 is 0 Å². The average Bonchev–Trinajstić information content (AvgIpc) is 2.63. The van der Waals surface area contributed by atoms with E-state index < -0.39 is 0 Å². The summed E-state index contributed by atoms with van der Waals surface area (Å²) in [6, 6.07) is 0. The highest BCUT2D eigenvalue weighted by atomic mass is 16.5. The van der Waals surface area contributed by atoms with Gasteiger partial charge < -0.3 is 14.7 Å². The van der Waals surface area contributed by atoms with Crippen LogP contribution in [0, 0.1) is 0 Å². The van der Waals surface area contributed by atoms with E-state index in [-0.39, 0.29) is 6.10 Å². The van der Waals surface area contributed by atoms with Gasteiger partial charge in [-0.3, -0.25) is 0 Å². The van der Waals surface area contributed by atoms with E-state index >= 15 is 0 Å². The molecule has 2 heterocycles. The molecule has 2 fully saturated rings. The molecule has 0 aliphatic carbocycles. The molecular weight excluding hydrogens is 178 g/mol. The monoisotopic (exact) mass is 199 g/mol. The van der Waals surface area contributed by atoms with Gasteiger partial charge in [0, 0.05) is 26.2 Å². The first-order valence-corrected chi connectivity index (χ1v) is 5.86. The number of aliphatic hydroxyl groups excluding tert-OH is 1. The first-order chi connectivity index (χ1) is 6.84. The molecule has 82 valence electrons. The van der Waals surface area contributed by atoms with Crippen molar-refractivity contribution in [2.75, 3.05) is 26.2 Å². The number of ether oxygens (including phenoxy) is 1. The fraction of sp³-hybridized carbons (Fsp3) is 1.00. The minimum Gasteiger partial charge on any atom is -0.392 e. The van der Waals surface area contributed by atoms with Crippen molar-refractivity contribution < 1.29 is 9.84 Å². The van der Waals surface area contributed by atoms with E-state index in [0.717, 1.165) is 39.1 Å². The van der Waals surface area contributed by atoms with Crippen LogP contribution in [0.2, 0.25) is 0 Å². The Labute approximate surface area is 86.0 Å². The second-order valence-electron chi connectivity index (χ2n) is 4.52. The summed E-state index contributed by atoms with van der Waals surface area (Å²) < 4.78 is 5.68. The maximum atomic E-state index is 9.36. The third kappa shape index (κ3) is 2.94. The molecule has 2 saturated heterocycles. The van der Waals surface area contributed by atoms with Crippen molar-refractivity contribution in [3.05, 3.63) is 0 Å². The molecule has 2 aliphatic rings. The van der Waals surface area contributed by atoms with Gasteiger partial charge in [-0.05, 0) is 32.1 Å². The first-order valence-electron chi connectivity index (χ1n) is 5.86. The molecule has 0 radical (unpaired) electrons. The van der Waals surface area contributed by atoms with Gasteiger partial charge in [-0.1, -0.05) is 0 Å². The minimum absolute atomic E-state index is 0.0812. The lowest BCUT2D eigenvalue weighted by Gasteiger charge is -2.24. The molecular formula is C11H21NO2. The number of likely N-dealkylation sites (tertiary alicyclic amines) is 1. The molecule has 0 amide bonds. The van der Waals surface area contributed by atoms with Crippen LogP contribution in [0.1, 0.15) is 32.1 Å². The number of β-amino-alcohol motifs (C(OH)–C–C–N with tert-alkyl or cyclic N) is 1. The zero-order chi connectivity index (χ0) is 9.80. The normalized spacial score (nSPS) is 34.9. The van der Waals surface area contributed by atoms with Gasteiger partial charge in [0.25, 0.3) is 0 Å². The van der Waals surface area contributed by atoms with Crippen molar-refractivity contribution in [1.82, 2.24) is 4.90 Å². The Morgan fingerprint density at radius 1 is 1.29 bits per heavy atom. The second kappa shape index (κ2) is 5.10. The average molecular weight is 199 g/mol. The molecule has 0 aromatic rings. The maximum Gasteiger partial charge on any atom is 0.0679 e. The molecule has 0 aromatic carbocycles. The number of hydrogen-bond donors (Lipinski definition) is 1. The van der Waals surface area contributed by atoms with Crippen LogP contribution in [0.25, 0.3) is 0 Å². The molecule has 0 saturated carbocycles. The SMILES string of the molecule is O[C@H]1CCN(CCC2CCCCO2)C1. The van der Waals surface area contributed by atoms with E-state index in [2.05, 4.69) is 4.90 Å². The van der Waals surface area contributed by atoms with E-state index in [0.29, 0.717) is 6.10 Å². The van der Waals surface area contributed by atoms with E-state index in [4.69, 9.17) is 4.74 Å². The lowest BCUT2D eigenvalue weighted by molar-refractivity contribution is 0.00610. The minimum atomic E-state index is -0.0812. The molecule has 2 aliphatic heterocycles. The van der Waals surface area contributed by atoms with Gasteiger partial charge in [0.05, 0.1) is 12.2 Å². The zero-order valence-electron chi connectivity index (χ0n) is 8.82. The van der Waals surface area contributed by atoms with Crippen molar-refractivity contribution in [3.8, 4) is 0 Å². The Morgan fingerprint density at radius 2 is 2.21 bits per heavy atom.